The fourth-order valence-corrected chi connectivity index (χ4v) is 3.48. The quantitative estimate of drug-likeness (QED) is 0.365. The van der Waals surface area contributed by atoms with Crippen LogP contribution >= 0.6 is 0 Å². The Bertz CT molecular complexity index is 821. The lowest BCUT2D eigenvalue weighted by Gasteiger charge is -2.25. The second-order valence-corrected chi connectivity index (χ2v) is 10.1. The summed E-state index contributed by atoms with van der Waals surface area (Å²) >= 11 is 0. The number of hydrogen-bond donors (Lipinski definition) is 2. The number of hydrogen-bond acceptors (Lipinski definition) is 8. The summed E-state index contributed by atoms with van der Waals surface area (Å²) in [4.78, 5) is 28.6. The highest BCUT2D eigenvalue weighted by Crippen LogP contribution is 2.17. The van der Waals surface area contributed by atoms with Crippen molar-refractivity contribution in [2.45, 2.75) is 76.7 Å². The second kappa shape index (κ2) is 9.66. The zero-order valence-electron chi connectivity index (χ0n) is 17.5. The summed E-state index contributed by atoms with van der Waals surface area (Å²) < 4.78 is 38.2. The van der Waals surface area contributed by atoms with Crippen LogP contribution in [-0.4, -0.2) is 42.9 Å². The van der Waals surface area contributed by atoms with Crippen molar-refractivity contribution in [3.05, 3.63) is 29.8 Å². The van der Waals surface area contributed by atoms with Crippen LogP contribution in [0.3, 0.4) is 0 Å². The van der Waals surface area contributed by atoms with Gasteiger partial charge in [-0.25, -0.2) is 13.3 Å². The van der Waals surface area contributed by atoms with Gasteiger partial charge in [0.05, 0.1) is 11.3 Å². The standard InChI is InChI=1S/C19H29NO8S/c1-18(2,3)27-16(21)11-15(17(22)28-19(4,5)6)20-29(24,25)14-9-7-8-13(10-14)12-26-23/h7-10,15,20,23H,11-12H2,1-6H3/t15-/m0/s1. The molecule has 0 radical (unpaired) electrons. The summed E-state index contributed by atoms with van der Waals surface area (Å²) in [7, 11) is -4.19. The van der Waals surface area contributed by atoms with Gasteiger partial charge in [-0.15, -0.1) is 0 Å². The molecule has 164 valence electrons. The topological polar surface area (TPSA) is 128 Å². The fourth-order valence-electron chi connectivity index (χ4n) is 2.23. The van der Waals surface area contributed by atoms with Gasteiger partial charge in [0, 0.05) is 0 Å². The lowest BCUT2D eigenvalue weighted by Crippen LogP contribution is -2.46. The van der Waals surface area contributed by atoms with Crippen molar-refractivity contribution >= 4 is 22.0 Å². The molecule has 0 heterocycles. The molecule has 0 amide bonds. The first kappa shape index (κ1) is 25.0. The molecular weight excluding hydrogens is 402 g/mol. The molecule has 1 aromatic rings. The van der Waals surface area contributed by atoms with Gasteiger partial charge in [0.2, 0.25) is 10.0 Å². The van der Waals surface area contributed by atoms with E-state index in [1.807, 2.05) is 0 Å². The zero-order chi connectivity index (χ0) is 22.5. The lowest BCUT2D eigenvalue weighted by atomic mass is 10.1. The predicted molar refractivity (Wildman–Crippen MR) is 104 cm³/mol. The van der Waals surface area contributed by atoms with Gasteiger partial charge in [-0.2, -0.15) is 4.72 Å². The number of carbonyl (C=O) groups excluding carboxylic acids is 2. The van der Waals surface area contributed by atoms with Crippen molar-refractivity contribution in [3.8, 4) is 0 Å². The SMILES string of the molecule is CC(C)(C)OC(=O)C[C@H](NS(=O)(=O)c1cccc(COO)c1)C(=O)OC(C)(C)C. The molecule has 10 heteroatoms. The minimum Gasteiger partial charge on any atom is -0.460 e. The van der Waals surface area contributed by atoms with Crippen molar-refractivity contribution in [2.75, 3.05) is 0 Å². The Kier molecular flexibility index (Phi) is 8.34. The molecule has 0 saturated carbocycles. The molecule has 0 unspecified atom stereocenters. The van der Waals surface area contributed by atoms with E-state index in [2.05, 4.69) is 9.61 Å². The van der Waals surface area contributed by atoms with E-state index in [1.54, 1.807) is 47.6 Å². The molecule has 0 fully saturated rings. The maximum atomic E-state index is 12.8. The Hall–Kier alpha value is -2.01. The van der Waals surface area contributed by atoms with Crippen LogP contribution in [0.4, 0.5) is 0 Å². The molecule has 0 spiro atoms. The van der Waals surface area contributed by atoms with Crippen LogP contribution in [0.2, 0.25) is 0 Å². The van der Waals surface area contributed by atoms with E-state index in [1.165, 1.54) is 18.2 Å². The molecule has 1 aromatic carbocycles. The number of esters is 2. The van der Waals surface area contributed by atoms with Gasteiger partial charge in [0.1, 0.15) is 23.9 Å². The van der Waals surface area contributed by atoms with Crippen molar-refractivity contribution < 1.29 is 37.6 Å². The monoisotopic (exact) mass is 431 g/mol. The Morgan fingerprint density at radius 3 is 2.17 bits per heavy atom. The second-order valence-electron chi connectivity index (χ2n) is 8.42. The van der Waals surface area contributed by atoms with Crippen molar-refractivity contribution in [3.63, 3.8) is 0 Å². The van der Waals surface area contributed by atoms with Gasteiger partial charge < -0.3 is 9.47 Å². The minimum atomic E-state index is -4.19. The molecule has 2 N–H and O–H groups in total. The average Bonchev–Trinajstić information content (AvgIpc) is 2.51. The number of nitrogens with one attached hydrogen (secondary N) is 1. The number of benzene rings is 1. The summed E-state index contributed by atoms with van der Waals surface area (Å²) in [6, 6.07) is 4.12. The van der Waals surface area contributed by atoms with E-state index in [4.69, 9.17) is 14.7 Å². The largest absolute Gasteiger partial charge is 0.460 e. The van der Waals surface area contributed by atoms with Crippen LogP contribution in [0.5, 0.6) is 0 Å². The molecule has 29 heavy (non-hydrogen) atoms. The molecule has 0 bridgehead atoms. The fraction of sp³-hybridized carbons (Fsp3) is 0.579. The molecule has 1 atom stereocenters. The molecular formula is C19H29NO8S. The van der Waals surface area contributed by atoms with E-state index in [0.29, 0.717) is 5.56 Å². The van der Waals surface area contributed by atoms with Crippen LogP contribution in [0, 0.1) is 0 Å². The van der Waals surface area contributed by atoms with E-state index >= 15 is 0 Å². The first-order chi connectivity index (χ1) is 13.1. The Labute approximate surface area is 171 Å². The van der Waals surface area contributed by atoms with Crippen molar-refractivity contribution in [1.82, 2.24) is 4.72 Å². The Morgan fingerprint density at radius 2 is 1.66 bits per heavy atom. The molecule has 1 rings (SSSR count). The molecule has 0 aliphatic carbocycles. The van der Waals surface area contributed by atoms with Gasteiger partial charge in [-0.1, -0.05) is 12.1 Å². The molecule has 0 saturated heterocycles. The minimum absolute atomic E-state index is 0.162. The van der Waals surface area contributed by atoms with Crippen LogP contribution in [0.1, 0.15) is 53.5 Å². The third-order valence-corrected chi connectivity index (χ3v) is 4.69. The van der Waals surface area contributed by atoms with E-state index in [9.17, 15) is 18.0 Å². The maximum Gasteiger partial charge on any atom is 0.325 e. The summed E-state index contributed by atoms with van der Waals surface area (Å²) in [5.41, 5.74) is -1.28. The van der Waals surface area contributed by atoms with Crippen molar-refractivity contribution in [1.29, 1.82) is 0 Å². The summed E-state index contributed by atoms with van der Waals surface area (Å²) in [5.74, 6) is -1.65. The third kappa shape index (κ3) is 9.35. The van der Waals surface area contributed by atoms with Crippen molar-refractivity contribution in [2.24, 2.45) is 0 Å². The number of ether oxygens (including phenoxy) is 2. The lowest BCUT2D eigenvalue weighted by molar-refractivity contribution is -0.253. The van der Waals surface area contributed by atoms with E-state index in [0.717, 1.165) is 0 Å². The smallest absolute Gasteiger partial charge is 0.325 e. The molecule has 0 aromatic heterocycles. The van der Waals surface area contributed by atoms with Gasteiger partial charge in [0.25, 0.3) is 0 Å². The third-order valence-electron chi connectivity index (χ3n) is 3.22. The molecule has 0 aliphatic rings. The summed E-state index contributed by atoms with van der Waals surface area (Å²) in [5, 5.41) is 8.55. The molecule has 9 nitrogen and oxygen atoms in total. The van der Waals surface area contributed by atoms with Crippen LogP contribution in [-0.2, 0) is 40.6 Å². The highest BCUT2D eigenvalue weighted by Gasteiger charge is 2.33. The van der Waals surface area contributed by atoms with Gasteiger partial charge in [0.15, 0.2) is 0 Å². The summed E-state index contributed by atoms with van der Waals surface area (Å²) in [6.45, 7) is 9.65. The summed E-state index contributed by atoms with van der Waals surface area (Å²) in [6.07, 6.45) is -0.537. The first-order valence-corrected chi connectivity index (χ1v) is 10.4. The Morgan fingerprint density at radius 1 is 1.07 bits per heavy atom. The zero-order valence-corrected chi connectivity index (χ0v) is 18.3. The highest BCUT2D eigenvalue weighted by atomic mass is 32.2. The number of sulfonamides is 1. The van der Waals surface area contributed by atoms with Gasteiger partial charge in [-0.05, 0) is 59.2 Å². The number of carbonyl (C=O) groups is 2. The van der Waals surface area contributed by atoms with E-state index < -0.39 is 45.6 Å². The molecule has 0 aliphatic heterocycles. The van der Waals surface area contributed by atoms with Crippen LogP contribution in [0.15, 0.2) is 29.2 Å². The highest BCUT2D eigenvalue weighted by molar-refractivity contribution is 7.89. The van der Waals surface area contributed by atoms with Crippen LogP contribution in [0.25, 0.3) is 0 Å². The van der Waals surface area contributed by atoms with Crippen LogP contribution < -0.4 is 4.72 Å². The van der Waals surface area contributed by atoms with Gasteiger partial charge >= 0.3 is 11.9 Å². The van der Waals surface area contributed by atoms with Gasteiger partial charge in [-0.3, -0.25) is 14.8 Å². The normalized spacial score (nSPS) is 13.6. The predicted octanol–water partition coefficient (Wildman–Crippen LogP) is 2.40. The Balaban J connectivity index is 3.13. The first-order valence-electron chi connectivity index (χ1n) is 8.95. The maximum absolute atomic E-state index is 12.8. The number of rotatable bonds is 8. The average molecular weight is 432 g/mol. The van der Waals surface area contributed by atoms with E-state index in [-0.39, 0.29) is 11.5 Å².